The number of ketones is 1. The minimum absolute atomic E-state index is 0.00529. The van der Waals surface area contributed by atoms with Gasteiger partial charge in [0.05, 0.1) is 18.1 Å². The van der Waals surface area contributed by atoms with Crippen LogP contribution in [0.2, 0.25) is 0 Å². The highest BCUT2D eigenvalue weighted by Gasteiger charge is 2.36. The topological polar surface area (TPSA) is 83.8 Å². The average molecular weight is 354 g/mol. The highest BCUT2D eigenvalue weighted by atomic mass is 16.5. The third-order valence-electron chi connectivity index (χ3n) is 5.58. The first-order chi connectivity index (χ1) is 11.6. The lowest BCUT2D eigenvalue weighted by atomic mass is 9.80. The lowest BCUT2D eigenvalue weighted by Crippen LogP contribution is -2.42. The van der Waals surface area contributed by atoms with Gasteiger partial charge >= 0.3 is 5.97 Å². The first kappa shape index (κ1) is 21.8. The molecular formula is C20H34O5. The number of aliphatic hydroxyl groups excluding tert-OH is 2. The van der Waals surface area contributed by atoms with Crippen molar-refractivity contribution < 1.29 is 24.5 Å². The zero-order valence-corrected chi connectivity index (χ0v) is 16.3. The van der Waals surface area contributed by atoms with Crippen molar-refractivity contribution in [1.82, 2.24) is 0 Å². The van der Waals surface area contributed by atoms with Crippen molar-refractivity contribution in [3.8, 4) is 0 Å². The first-order valence-electron chi connectivity index (χ1n) is 9.38. The molecule has 0 bridgehead atoms. The van der Waals surface area contributed by atoms with Crippen LogP contribution in [-0.4, -0.2) is 40.3 Å². The largest absolute Gasteiger partial charge is 0.461 e. The van der Waals surface area contributed by atoms with Gasteiger partial charge in [-0.25, -0.2) is 0 Å². The molecule has 5 nitrogen and oxygen atoms in total. The lowest BCUT2D eigenvalue weighted by molar-refractivity contribution is -0.162. The number of cyclic esters (lactones) is 1. The summed E-state index contributed by atoms with van der Waals surface area (Å²) < 4.78 is 5.57. The zero-order valence-electron chi connectivity index (χ0n) is 16.3. The molecule has 1 rings (SSSR count). The number of carbonyl (C=O) groups is 2. The van der Waals surface area contributed by atoms with Crippen LogP contribution in [0.25, 0.3) is 0 Å². The molecule has 5 heteroatoms. The van der Waals surface area contributed by atoms with Gasteiger partial charge in [0.25, 0.3) is 0 Å². The zero-order chi connectivity index (χ0) is 19.3. The summed E-state index contributed by atoms with van der Waals surface area (Å²) >= 11 is 0. The highest BCUT2D eigenvalue weighted by Crippen LogP contribution is 2.27. The summed E-state index contributed by atoms with van der Waals surface area (Å²) in [6, 6.07) is 0. The van der Waals surface area contributed by atoms with Crippen molar-refractivity contribution in [2.75, 3.05) is 0 Å². The van der Waals surface area contributed by atoms with Crippen LogP contribution in [0.15, 0.2) is 12.2 Å². The number of hydrogen-bond acceptors (Lipinski definition) is 5. The molecule has 0 spiro atoms. The molecule has 0 aromatic carbocycles. The molecule has 0 radical (unpaired) electrons. The van der Waals surface area contributed by atoms with Crippen LogP contribution in [0.3, 0.4) is 0 Å². The van der Waals surface area contributed by atoms with Crippen LogP contribution < -0.4 is 0 Å². The Labute approximate surface area is 151 Å². The summed E-state index contributed by atoms with van der Waals surface area (Å²) in [6.07, 6.45) is 2.37. The fourth-order valence-electron chi connectivity index (χ4n) is 3.48. The van der Waals surface area contributed by atoms with E-state index in [-0.39, 0.29) is 29.6 Å². The Morgan fingerprint density at radius 1 is 1.08 bits per heavy atom. The normalized spacial score (nSPS) is 43.2. The third kappa shape index (κ3) is 5.65. The van der Waals surface area contributed by atoms with Gasteiger partial charge in [0, 0.05) is 17.8 Å². The van der Waals surface area contributed by atoms with Crippen molar-refractivity contribution in [1.29, 1.82) is 0 Å². The maximum atomic E-state index is 12.4. The summed E-state index contributed by atoms with van der Waals surface area (Å²) in [5, 5.41) is 21.0. The molecule has 144 valence electrons. The molecular weight excluding hydrogens is 320 g/mol. The number of carbonyl (C=O) groups excluding carboxylic acids is 2. The van der Waals surface area contributed by atoms with E-state index in [1.807, 2.05) is 27.7 Å². The molecule has 0 saturated heterocycles. The molecule has 2 N–H and O–H groups in total. The van der Waals surface area contributed by atoms with Gasteiger partial charge in [-0.2, -0.15) is 0 Å². The molecule has 0 fully saturated rings. The standard InChI is InChI=1S/C20H34O5/c1-7-17-11(2)8-9-16(21)12(3)10-13(4)18(22)14(5)19(23)15(6)20(24)25-17/h8-9,11-15,17-19,22-23H,7,10H2,1-6H3/b9-8+/t11-,12-,13+,14-,15-,17-,18+,19+/m1/s1. The number of hydrogen-bond donors (Lipinski definition) is 2. The summed E-state index contributed by atoms with van der Waals surface area (Å²) in [5.74, 6) is -2.13. The van der Waals surface area contributed by atoms with Crippen molar-refractivity contribution in [2.24, 2.45) is 29.6 Å². The van der Waals surface area contributed by atoms with E-state index in [4.69, 9.17) is 4.74 Å². The van der Waals surface area contributed by atoms with E-state index in [0.717, 1.165) is 0 Å². The van der Waals surface area contributed by atoms with Gasteiger partial charge in [0.1, 0.15) is 6.10 Å². The van der Waals surface area contributed by atoms with E-state index >= 15 is 0 Å². The molecule has 0 aliphatic carbocycles. The second-order valence-electron chi connectivity index (χ2n) is 7.75. The maximum Gasteiger partial charge on any atom is 0.311 e. The second-order valence-corrected chi connectivity index (χ2v) is 7.75. The van der Waals surface area contributed by atoms with Gasteiger partial charge in [-0.05, 0) is 31.8 Å². The second kappa shape index (κ2) is 9.48. The van der Waals surface area contributed by atoms with Gasteiger partial charge in [0.2, 0.25) is 0 Å². The molecule has 8 atom stereocenters. The van der Waals surface area contributed by atoms with Crippen LogP contribution in [0.4, 0.5) is 0 Å². The SMILES string of the molecule is CC[C@H]1OC(=O)[C@H](C)[C@@H](O)[C@H](C)[C@@H](O)[C@@H](C)C[C@@H](C)C(=O)/C=C/[C@H]1C. The van der Waals surface area contributed by atoms with Crippen molar-refractivity contribution in [2.45, 2.75) is 72.7 Å². The third-order valence-corrected chi connectivity index (χ3v) is 5.58. The average Bonchev–Trinajstić information content (AvgIpc) is 2.59. The molecule has 0 aromatic rings. The summed E-state index contributed by atoms with van der Waals surface area (Å²) in [6.45, 7) is 10.9. The number of esters is 1. The Morgan fingerprint density at radius 3 is 2.24 bits per heavy atom. The Bertz CT molecular complexity index is 486. The molecule has 25 heavy (non-hydrogen) atoms. The number of rotatable bonds is 1. The van der Waals surface area contributed by atoms with Crippen LogP contribution in [-0.2, 0) is 14.3 Å². The first-order valence-corrected chi connectivity index (χ1v) is 9.38. The molecule has 0 saturated carbocycles. The van der Waals surface area contributed by atoms with Crippen molar-refractivity contribution in [3.63, 3.8) is 0 Å². The Kier molecular flexibility index (Phi) is 8.29. The minimum atomic E-state index is -0.998. The Hall–Kier alpha value is -1.20. The molecule has 0 amide bonds. The predicted octanol–water partition coefficient (Wildman–Crippen LogP) is 2.74. The molecule has 1 aliphatic rings. The van der Waals surface area contributed by atoms with E-state index in [1.54, 1.807) is 26.0 Å². The number of ether oxygens (including phenoxy) is 1. The molecule has 0 aromatic heterocycles. The molecule has 0 unspecified atom stereocenters. The Morgan fingerprint density at radius 2 is 1.68 bits per heavy atom. The van der Waals surface area contributed by atoms with Gasteiger partial charge in [-0.15, -0.1) is 0 Å². The maximum absolute atomic E-state index is 12.4. The van der Waals surface area contributed by atoms with E-state index in [0.29, 0.717) is 12.8 Å². The number of allylic oxidation sites excluding steroid dienone is 1. The van der Waals surface area contributed by atoms with Gasteiger partial charge in [-0.3, -0.25) is 9.59 Å². The summed E-state index contributed by atoms with van der Waals surface area (Å²) in [7, 11) is 0. The molecule has 1 aliphatic heterocycles. The fourth-order valence-corrected chi connectivity index (χ4v) is 3.48. The molecule has 1 heterocycles. The van der Waals surface area contributed by atoms with E-state index in [2.05, 4.69) is 0 Å². The van der Waals surface area contributed by atoms with Gasteiger partial charge in [0.15, 0.2) is 5.78 Å². The quantitative estimate of drug-likeness (QED) is 0.708. The summed E-state index contributed by atoms with van der Waals surface area (Å²) in [5.41, 5.74) is 0. The highest BCUT2D eigenvalue weighted by molar-refractivity contribution is 5.91. The van der Waals surface area contributed by atoms with Gasteiger partial charge < -0.3 is 14.9 Å². The van der Waals surface area contributed by atoms with Crippen LogP contribution >= 0.6 is 0 Å². The Balaban J connectivity index is 3.14. The van der Waals surface area contributed by atoms with Gasteiger partial charge in [-0.1, -0.05) is 40.7 Å². The van der Waals surface area contributed by atoms with E-state index in [9.17, 15) is 19.8 Å². The monoisotopic (exact) mass is 354 g/mol. The van der Waals surface area contributed by atoms with Crippen molar-refractivity contribution in [3.05, 3.63) is 12.2 Å². The fraction of sp³-hybridized carbons (Fsp3) is 0.800. The van der Waals surface area contributed by atoms with E-state index < -0.39 is 30.0 Å². The number of aliphatic hydroxyl groups is 2. The lowest BCUT2D eigenvalue weighted by Gasteiger charge is -2.33. The predicted molar refractivity (Wildman–Crippen MR) is 96.8 cm³/mol. The van der Waals surface area contributed by atoms with Crippen LogP contribution in [0.1, 0.15) is 54.4 Å². The smallest absolute Gasteiger partial charge is 0.311 e. The van der Waals surface area contributed by atoms with E-state index in [1.165, 1.54) is 0 Å². The van der Waals surface area contributed by atoms with Crippen LogP contribution in [0, 0.1) is 29.6 Å². The minimum Gasteiger partial charge on any atom is -0.461 e. The summed E-state index contributed by atoms with van der Waals surface area (Å²) in [4.78, 5) is 24.7. The van der Waals surface area contributed by atoms with Crippen LogP contribution in [0.5, 0.6) is 0 Å². The van der Waals surface area contributed by atoms with Crippen molar-refractivity contribution >= 4 is 11.8 Å².